The van der Waals surface area contributed by atoms with Crippen molar-refractivity contribution in [2.45, 2.75) is 43.6 Å². The predicted octanol–water partition coefficient (Wildman–Crippen LogP) is 2.09. The quantitative estimate of drug-likeness (QED) is 0.707. The van der Waals surface area contributed by atoms with Crippen molar-refractivity contribution in [1.29, 1.82) is 0 Å². The number of nitrogens with one attached hydrogen (secondary N) is 2. The predicted molar refractivity (Wildman–Crippen MR) is 110 cm³/mol. The molecule has 0 spiro atoms. The van der Waals surface area contributed by atoms with Crippen LogP contribution in [0.3, 0.4) is 0 Å². The zero-order valence-corrected chi connectivity index (χ0v) is 18.2. The van der Waals surface area contributed by atoms with Gasteiger partial charge in [-0.1, -0.05) is 43.2 Å². The van der Waals surface area contributed by atoms with Crippen LogP contribution in [-0.4, -0.2) is 27.9 Å². The van der Waals surface area contributed by atoms with E-state index in [0.717, 1.165) is 25.0 Å². The van der Waals surface area contributed by atoms with Crippen LogP contribution in [0.2, 0.25) is 0 Å². The van der Waals surface area contributed by atoms with Crippen molar-refractivity contribution in [3.05, 3.63) is 89.2 Å². The Bertz CT molecular complexity index is 838. The van der Waals surface area contributed by atoms with Gasteiger partial charge in [-0.25, -0.2) is 0 Å². The second-order valence-corrected chi connectivity index (χ2v) is 6.84. The number of hydrogen-bond donors (Lipinski definition) is 2. The molecule has 1 aromatic carbocycles. The van der Waals surface area contributed by atoms with Crippen LogP contribution in [-0.2, 0) is 25.8 Å². The van der Waals surface area contributed by atoms with Crippen molar-refractivity contribution < 1.29 is 41.6 Å². The summed E-state index contributed by atoms with van der Waals surface area (Å²) in [4.78, 5) is 27.6. The monoisotopic (exact) mass is 429 g/mol. The molecule has 0 bridgehead atoms. The summed E-state index contributed by atoms with van der Waals surface area (Å²) >= 11 is 0. The Morgan fingerprint density at radius 1 is 1.10 bits per heavy atom. The molecule has 2 aromatic rings. The van der Waals surface area contributed by atoms with Gasteiger partial charge in [0.05, 0.1) is 0 Å². The van der Waals surface area contributed by atoms with Crippen molar-refractivity contribution in [3.63, 3.8) is 0 Å². The van der Waals surface area contributed by atoms with E-state index in [4.69, 9.17) is 6.58 Å². The number of hydrogen-bond acceptors (Lipinski definition) is 2. The Morgan fingerprint density at radius 3 is 2.31 bits per heavy atom. The van der Waals surface area contributed by atoms with Gasteiger partial charge in [-0.3, -0.25) is 15.7 Å². The summed E-state index contributed by atoms with van der Waals surface area (Å²) in [7, 11) is 0. The van der Waals surface area contributed by atoms with E-state index in [1.165, 1.54) is 18.1 Å². The molecule has 7 heteroatoms. The van der Waals surface area contributed by atoms with Crippen LogP contribution in [0.15, 0.2) is 53.3 Å². The molecule has 1 saturated carbocycles. The van der Waals surface area contributed by atoms with Crippen molar-refractivity contribution in [1.82, 2.24) is 10.3 Å². The molecule has 0 aliphatic heterocycles. The van der Waals surface area contributed by atoms with Crippen molar-refractivity contribution >= 4 is 5.91 Å². The minimum Gasteiger partial charge on any atom is -0.519 e. The molecule has 6 nitrogen and oxygen atoms in total. The van der Waals surface area contributed by atoms with Gasteiger partial charge < -0.3 is 34.8 Å². The molecule has 29 heavy (non-hydrogen) atoms. The molecule has 1 aliphatic rings. The fourth-order valence-corrected chi connectivity index (χ4v) is 3.78. The van der Waals surface area contributed by atoms with Crippen LogP contribution >= 0.6 is 0 Å². The first-order chi connectivity index (χ1) is 12.6. The van der Waals surface area contributed by atoms with Gasteiger partial charge in [0.2, 0.25) is 0 Å². The van der Waals surface area contributed by atoms with Gasteiger partial charge in [-0.2, -0.15) is 0 Å². The van der Waals surface area contributed by atoms with Crippen molar-refractivity contribution in [3.8, 4) is 0 Å². The Morgan fingerprint density at radius 2 is 1.72 bits per heavy atom. The second kappa shape index (κ2) is 12.7. The summed E-state index contributed by atoms with van der Waals surface area (Å²) < 4.78 is 0. The molecule has 3 atom stereocenters. The number of amides is 1. The zero-order valence-electron chi connectivity index (χ0n) is 16.4. The molecular formula is C22H28N2O4Sc-2. The average molecular weight is 429 g/mol. The third-order valence-electron chi connectivity index (χ3n) is 5.12. The van der Waals surface area contributed by atoms with Gasteiger partial charge in [-0.15, -0.1) is 6.04 Å². The maximum Gasteiger partial charge on any atom is 0.261 e. The molecule has 155 valence electrons. The smallest absolute Gasteiger partial charge is 0.261 e. The standard InChI is InChI=1S/C22H24N2O2.2H2O.Sc/c1-3-15(2)23-21(25)19-13-14-20(24-22(19)26)18-12-8-7-11-17(18)16-9-5-4-6-10-16;;;/h1,3-6,9-10,13-15,17-18H,2,7-8,11-12H2,(H,23,25)(H,24,26);2*1H2;/q-2;;;/t15-,17?,18?;;;/m0.../s1. The minimum atomic E-state index is -0.539. The molecule has 2 unspecified atom stereocenters. The maximum absolute atomic E-state index is 12.5. The first kappa shape index (κ1) is 27.2. The topological polar surface area (TPSA) is 125 Å². The third-order valence-corrected chi connectivity index (χ3v) is 5.12. The number of carbonyl (C=O) groups excluding carboxylic acids is 1. The largest absolute Gasteiger partial charge is 0.519 e. The fraction of sp³-hybridized carbons (Fsp3) is 0.318. The molecular weight excluding hydrogens is 401 g/mol. The van der Waals surface area contributed by atoms with Crippen LogP contribution < -0.4 is 10.9 Å². The van der Waals surface area contributed by atoms with Gasteiger partial charge in [0.25, 0.3) is 11.5 Å². The number of pyridine rings is 1. The van der Waals surface area contributed by atoms with E-state index in [1.807, 2.05) is 12.1 Å². The summed E-state index contributed by atoms with van der Waals surface area (Å²) in [6.07, 6.45) is 5.75. The summed E-state index contributed by atoms with van der Waals surface area (Å²) in [5.41, 5.74) is 1.91. The summed E-state index contributed by atoms with van der Waals surface area (Å²) in [5.74, 6) is 0.174. The fourth-order valence-electron chi connectivity index (χ4n) is 3.78. The van der Waals surface area contributed by atoms with Crippen LogP contribution in [0.25, 0.3) is 0 Å². The molecule has 6 N–H and O–H groups in total. The summed E-state index contributed by atoms with van der Waals surface area (Å²) in [6.45, 7) is 9.00. The maximum atomic E-state index is 12.5. The van der Waals surface area contributed by atoms with Crippen molar-refractivity contribution in [2.24, 2.45) is 0 Å². The zero-order chi connectivity index (χ0) is 18.5. The van der Waals surface area contributed by atoms with Crippen LogP contribution in [0.5, 0.6) is 0 Å². The van der Waals surface area contributed by atoms with E-state index >= 15 is 0 Å². The SMILES string of the molecule is O.O.[CH-]=C[C@H]([CH2-])NC(=O)c1ccc(C2CCCCC2c2ccccc2)[nH]c1=O.[Sc]. The Hall–Kier alpha value is -1.83. The first-order valence-electron chi connectivity index (χ1n) is 9.07. The summed E-state index contributed by atoms with van der Waals surface area (Å²) in [5, 5.41) is 2.57. The molecule has 0 saturated heterocycles. The van der Waals surface area contributed by atoms with Gasteiger partial charge in [0.15, 0.2) is 0 Å². The number of aromatic amines is 1. The Labute approximate surface area is 190 Å². The molecule has 1 aliphatic carbocycles. The number of aromatic nitrogens is 1. The van der Waals surface area contributed by atoms with Gasteiger partial charge in [0, 0.05) is 37.5 Å². The van der Waals surface area contributed by atoms with E-state index in [9.17, 15) is 9.59 Å². The molecule has 1 radical (unpaired) electrons. The van der Waals surface area contributed by atoms with Gasteiger partial charge >= 0.3 is 0 Å². The van der Waals surface area contributed by atoms with Crippen LogP contribution in [0.4, 0.5) is 0 Å². The molecule has 3 rings (SSSR count). The number of benzene rings is 1. The van der Waals surface area contributed by atoms with Crippen LogP contribution in [0, 0.1) is 13.5 Å². The summed E-state index contributed by atoms with van der Waals surface area (Å²) in [6, 6.07) is 13.4. The van der Waals surface area contributed by atoms with E-state index in [2.05, 4.69) is 41.5 Å². The van der Waals surface area contributed by atoms with Crippen molar-refractivity contribution in [2.75, 3.05) is 0 Å². The average Bonchev–Trinajstić information content (AvgIpc) is 2.68. The van der Waals surface area contributed by atoms with Gasteiger partial charge in [0.1, 0.15) is 5.56 Å². The second-order valence-electron chi connectivity index (χ2n) is 6.84. The molecule has 1 heterocycles. The molecule has 1 aromatic heterocycles. The van der Waals surface area contributed by atoms with Gasteiger partial charge in [-0.05, 0) is 36.5 Å². The first-order valence-corrected chi connectivity index (χ1v) is 9.07. The van der Waals surface area contributed by atoms with E-state index in [1.54, 1.807) is 6.07 Å². The number of carbonyl (C=O) groups is 1. The van der Waals surface area contributed by atoms with E-state index < -0.39 is 11.9 Å². The minimum absolute atomic E-state index is 0. The number of H-pyrrole nitrogens is 1. The molecule has 1 amide bonds. The normalized spacial score (nSPS) is 18.8. The van der Waals surface area contributed by atoms with E-state index in [-0.39, 0.29) is 53.8 Å². The van der Waals surface area contributed by atoms with E-state index in [0.29, 0.717) is 5.92 Å². The molecule has 1 fully saturated rings. The Kier molecular flexibility index (Phi) is 11.9. The third kappa shape index (κ3) is 6.59. The van der Waals surface area contributed by atoms with Crippen LogP contribution in [0.1, 0.15) is 59.1 Å². The Balaban J connectivity index is 0.00000261. The number of rotatable bonds is 5.